The Morgan fingerprint density at radius 3 is 1.44 bits per heavy atom. The van der Waals surface area contributed by atoms with Crippen molar-refractivity contribution >= 4 is 11.4 Å². The van der Waals surface area contributed by atoms with Gasteiger partial charge in [0.05, 0.1) is 22.1 Å². The minimum atomic E-state index is 0.741. The van der Waals surface area contributed by atoms with Crippen LogP contribution in [0.2, 0.25) is 0 Å². The van der Waals surface area contributed by atoms with Gasteiger partial charge in [0.25, 0.3) is 0 Å². The Hall–Kier alpha value is -8.41. The van der Waals surface area contributed by atoms with Gasteiger partial charge < -0.3 is 0 Å². The Balaban J connectivity index is 1.18. The van der Waals surface area contributed by atoms with Crippen LogP contribution in [-0.4, -0.2) is 15.4 Å². The lowest BCUT2D eigenvalue weighted by Gasteiger charge is -2.22. The van der Waals surface area contributed by atoms with Gasteiger partial charge in [-0.25, -0.2) is 9.98 Å². The lowest BCUT2D eigenvalue weighted by Crippen LogP contribution is -2.03. The molecule has 3 heterocycles. The molecule has 0 atom stereocenters. The molecule has 1 aromatic heterocycles. The van der Waals surface area contributed by atoms with E-state index in [1.165, 1.54) is 0 Å². The van der Waals surface area contributed by atoms with E-state index in [0.717, 1.165) is 122 Å². The minimum Gasteiger partial charge on any atom is -0.248 e. The van der Waals surface area contributed by atoms with Crippen molar-refractivity contribution in [1.82, 2.24) is 15.4 Å². The van der Waals surface area contributed by atoms with Crippen LogP contribution >= 0.6 is 0 Å². The molecule has 0 N–H and O–H groups in total. The van der Waals surface area contributed by atoms with E-state index in [1.54, 1.807) is 0 Å². The quantitative estimate of drug-likeness (QED) is 0.162. The van der Waals surface area contributed by atoms with E-state index in [4.69, 9.17) is 20.2 Å². The highest BCUT2D eigenvalue weighted by molar-refractivity contribution is 6.08. The van der Waals surface area contributed by atoms with E-state index in [2.05, 4.69) is 205 Å². The maximum Gasteiger partial charge on any atom is 0.105 e. The first-order valence-corrected chi connectivity index (χ1v) is 20.9. The molecule has 62 heavy (non-hydrogen) atoms. The number of aromatic nitrogens is 3. The Kier molecular flexibility index (Phi) is 8.42. The van der Waals surface area contributed by atoms with Crippen molar-refractivity contribution in [3.8, 4) is 89.3 Å². The van der Waals surface area contributed by atoms with Crippen molar-refractivity contribution in [2.75, 3.05) is 0 Å². The van der Waals surface area contributed by atoms with Crippen molar-refractivity contribution in [3.63, 3.8) is 0 Å². The van der Waals surface area contributed by atoms with Crippen LogP contribution in [0.1, 0.15) is 0 Å². The Labute approximate surface area is 358 Å². The van der Waals surface area contributed by atoms with Crippen LogP contribution in [0.5, 0.6) is 0 Å². The standard InChI is InChI=1S/C57H35N5/c1-4-18-36(19-5-1)39-24-10-12-26-41(39)44-32-34-49-53(54-50(58-49)35-33-47-42-27-16-17-31-48(42)59-55(47)54)52(44)43-28-13-15-30-46(43)57-51(38-22-8-3-9-23-38)56(60-62-61-57)45-29-14-11-25-40(45)37-20-6-2-7-21-37/h1-35H. The molecule has 9 aromatic carbocycles. The van der Waals surface area contributed by atoms with E-state index < -0.39 is 0 Å². The van der Waals surface area contributed by atoms with E-state index in [-0.39, 0.29) is 0 Å². The molecule has 0 bridgehead atoms. The maximum atomic E-state index is 5.32. The molecule has 0 unspecified atom stereocenters. The molecular weight excluding hydrogens is 755 g/mol. The number of hydrogen-bond donors (Lipinski definition) is 0. The molecule has 5 heteroatoms. The molecule has 0 saturated heterocycles. The van der Waals surface area contributed by atoms with Crippen molar-refractivity contribution in [2.24, 2.45) is 9.98 Å². The van der Waals surface area contributed by atoms with Crippen molar-refractivity contribution < 1.29 is 0 Å². The average Bonchev–Trinajstić information content (AvgIpc) is 3.93. The molecule has 2 aliphatic heterocycles. The van der Waals surface area contributed by atoms with Gasteiger partial charge in [0.1, 0.15) is 11.4 Å². The van der Waals surface area contributed by atoms with Crippen LogP contribution in [0.4, 0.5) is 11.4 Å². The molecule has 0 radical (unpaired) electrons. The zero-order chi connectivity index (χ0) is 41.0. The first-order valence-electron chi connectivity index (χ1n) is 20.9. The van der Waals surface area contributed by atoms with Gasteiger partial charge in [-0.05, 0) is 74.0 Å². The van der Waals surface area contributed by atoms with Crippen LogP contribution in [-0.2, 0) is 0 Å². The minimum absolute atomic E-state index is 0.741. The summed E-state index contributed by atoms with van der Waals surface area (Å²) in [5.74, 6) is 0. The number of para-hydroxylation sites is 1. The number of hydrogen-bond acceptors (Lipinski definition) is 5. The van der Waals surface area contributed by atoms with E-state index in [9.17, 15) is 0 Å². The zero-order valence-electron chi connectivity index (χ0n) is 33.4. The van der Waals surface area contributed by atoms with Gasteiger partial charge in [-0.15, -0.1) is 10.2 Å². The monoisotopic (exact) mass is 789 g/mol. The van der Waals surface area contributed by atoms with Gasteiger partial charge in [0, 0.05) is 43.8 Å². The van der Waals surface area contributed by atoms with E-state index >= 15 is 0 Å². The van der Waals surface area contributed by atoms with Gasteiger partial charge in [0.2, 0.25) is 0 Å². The highest BCUT2D eigenvalue weighted by Gasteiger charge is 2.30. The summed E-state index contributed by atoms with van der Waals surface area (Å²) in [5.41, 5.74) is 18.0. The van der Waals surface area contributed by atoms with Gasteiger partial charge in [-0.1, -0.05) is 188 Å². The molecule has 10 aromatic rings. The lowest BCUT2D eigenvalue weighted by atomic mass is 9.81. The predicted octanol–water partition coefficient (Wildman–Crippen LogP) is 13.0. The first kappa shape index (κ1) is 35.5. The number of nitrogens with zero attached hydrogens (tertiary/aromatic N) is 5. The second kappa shape index (κ2) is 14.7. The van der Waals surface area contributed by atoms with Crippen molar-refractivity contribution in [1.29, 1.82) is 0 Å². The summed E-state index contributed by atoms with van der Waals surface area (Å²) < 4.78 is 0. The highest BCUT2D eigenvalue weighted by Crippen LogP contribution is 2.53. The third-order valence-corrected chi connectivity index (χ3v) is 12.1. The van der Waals surface area contributed by atoms with Crippen LogP contribution in [0, 0.1) is 10.4 Å². The summed E-state index contributed by atoms with van der Waals surface area (Å²) in [6.45, 7) is 0. The molecule has 0 spiro atoms. The van der Waals surface area contributed by atoms with Gasteiger partial charge in [-0.2, -0.15) is 0 Å². The predicted molar refractivity (Wildman–Crippen MR) is 249 cm³/mol. The van der Waals surface area contributed by atoms with Gasteiger partial charge in [0.15, 0.2) is 0 Å². The Morgan fingerprint density at radius 1 is 0.258 bits per heavy atom. The Morgan fingerprint density at radius 2 is 0.774 bits per heavy atom. The zero-order valence-corrected chi connectivity index (χ0v) is 33.4. The molecule has 0 fully saturated rings. The number of benzene rings is 9. The van der Waals surface area contributed by atoms with Crippen molar-refractivity contribution in [2.45, 2.75) is 0 Å². The van der Waals surface area contributed by atoms with Crippen LogP contribution in [0.25, 0.3) is 89.3 Å². The smallest absolute Gasteiger partial charge is 0.105 e. The average molecular weight is 790 g/mol. The van der Waals surface area contributed by atoms with Gasteiger partial charge >= 0.3 is 0 Å². The fourth-order valence-electron chi connectivity index (χ4n) is 9.38. The number of fused-ring (bicyclic) bond motifs is 6. The fourth-order valence-corrected chi connectivity index (χ4v) is 9.38. The summed E-state index contributed by atoms with van der Waals surface area (Å²) in [5, 5.41) is 18.6. The third kappa shape index (κ3) is 5.75. The topological polar surface area (TPSA) is 63.4 Å². The van der Waals surface area contributed by atoms with Crippen LogP contribution in [0.3, 0.4) is 0 Å². The molecule has 5 nitrogen and oxygen atoms in total. The molecule has 0 saturated carbocycles. The SMILES string of the molecule is c1ccc(-c2ccccc2-c2ccc3c(c2-c2ccccc2-c2nnnc(-c4ccccc4-c4ccccc4)c2-c2ccccc2)-c2c4c(ccc2=N3)=c2ccccc2=N4)cc1. The summed E-state index contributed by atoms with van der Waals surface area (Å²) in [7, 11) is 0. The second-order valence-electron chi connectivity index (χ2n) is 15.6. The summed E-state index contributed by atoms with van der Waals surface area (Å²) in [6, 6.07) is 74.4. The summed E-state index contributed by atoms with van der Waals surface area (Å²) in [6.07, 6.45) is 0. The molecule has 0 aliphatic carbocycles. The highest BCUT2D eigenvalue weighted by atomic mass is 15.3. The summed E-state index contributed by atoms with van der Waals surface area (Å²) >= 11 is 0. The van der Waals surface area contributed by atoms with Crippen LogP contribution < -0.4 is 10.7 Å². The van der Waals surface area contributed by atoms with Gasteiger partial charge in [-0.3, -0.25) is 0 Å². The molecule has 2 aliphatic rings. The van der Waals surface area contributed by atoms with E-state index in [1.807, 2.05) is 12.1 Å². The second-order valence-corrected chi connectivity index (χ2v) is 15.6. The van der Waals surface area contributed by atoms with Crippen molar-refractivity contribution in [3.05, 3.63) is 233 Å². The molecule has 12 rings (SSSR count). The normalized spacial score (nSPS) is 11.8. The number of rotatable bonds is 7. The third-order valence-electron chi connectivity index (χ3n) is 12.1. The lowest BCUT2D eigenvalue weighted by molar-refractivity contribution is 0.879. The maximum absolute atomic E-state index is 5.32. The summed E-state index contributed by atoms with van der Waals surface area (Å²) in [4.78, 5) is 10.6. The van der Waals surface area contributed by atoms with Crippen LogP contribution in [0.15, 0.2) is 222 Å². The first-order chi connectivity index (χ1) is 30.8. The van der Waals surface area contributed by atoms with E-state index in [0.29, 0.717) is 0 Å². The molecular formula is C57H35N5. The fraction of sp³-hybridized carbons (Fsp3) is 0. The largest absolute Gasteiger partial charge is 0.248 e. The Bertz CT molecular complexity index is 3620. The molecule has 288 valence electrons. The molecule has 0 amide bonds.